The first-order chi connectivity index (χ1) is 12.6. The third-order valence-electron chi connectivity index (χ3n) is 2.95. The molecule has 2 rings (SSSR count). The van der Waals surface area contributed by atoms with E-state index in [4.69, 9.17) is 0 Å². The molecule has 0 radical (unpaired) electrons. The molecule has 0 aliphatic carbocycles. The van der Waals surface area contributed by atoms with Gasteiger partial charge in [0, 0.05) is 0 Å². The molecule has 0 aliphatic rings. The molecule has 0 atom stereocenters. The van der Waals surface area contributed by atoms with Gasteiger partial charge in [0.15, 0.2) is 0 Å². The van der Waals surface area contributed by atoms with Gasteiger partial charge in [-0.15, -0.1) is 0 Å². The summed E-state index contributed by atoms with van der Waals surface area (Å²) in [7, 11) is 0. The quantitative estimate of drug-likeness (QED) is 0.703. The highest BCUT2D eigenvalue weighted by Gasteiger charge is 2.32. The van der Waals surface area contributed by atoms with E-state index < -0.39 is 40.7 Å². The van der Waals surface area contributed by atoms with Gasteiger partial charge in [-0.1, -0.05) is 6.07 Å². The van der Waals surface area contributed by atoms with E-state index in [1.165, 1.54) is 6.92 Å². The van der Waals surface area contributed by atoms with Gasteiger partial charge in [0.2, 0.25) is 0 Å². The number of nitrogens with zero attached hydrogens (tertiary/aromatic N) is 2. The van der Waals surface area contributed by atoms with Crippen LogP contribution in [-0.4, -0.2) is 33.3 Å². The number of alkyl halides is 3. The van der Waals surface area contributed by atoms with Crippen LogP contribution in [0.2, 0.25) is 0 Å². The zero-order chi connectivity index (χ0) is 20.2. The Kier molecular flexibility index (Phi) is 5.63. The largest absolute Gasteiger partial charge is 0.450 e. The number of aromatic nitrogens is 3. The van der Waals surface area contributed by atoms with Crippen molar-refractivity contribution >= 4 is 17.8 Å². The zero-order valence-corrected chi connectivity index (χ0v) is 13.6. The molecule has 0 saturated carbocycles. The second kappa shape index (κ2) is 7.72. The summed E-state index contributed by atoms with van der Waals surface area (Å²) in [6.07, 6.45) is -5.12. The summed E-state index contributed by atoms with van der Waals surface area (Å²) >= 11 is 0. The lowest BCUT2D eigenvalue weighted by Gasteiger charge is -2.11. The van der Waals surface area contributed by atoms with E-state index >= 15 is 0 Å². The van der Waals surface area contributed by atoms with E-state index in [2.05, 4.69) is 15.1 Å². The van der Waals surface area contributed by atoms with E-state index in [1.54, 1.807) is 10.3 Å². The molecule has 0 saturated heterocycles. The second-order valence-electron chi connectivity index (χ2n) is 4.86. The fraction of sp³-hybridized carbons (Fsp3) is 0.214. The van der Waals surface area contributed by atoms with Gasteiger partial charge < -0.3 is 4.74 Å². The lowest BCUT2D eigenvalue weighted by Crippen LogP contribution is -2.40. The number of ether oxygens (including phenoxy) is 1. The summed E-state index contributed by atoms with van der Waals surface area (Å²) in [4.78, 5) is 51.8. The molecule has 0 spiro atoms. The van der Waals surface area contributed by atoms with Crippen LogP contribution in [0.15, 0.2) is 34.0 Å². The molecule has 144 valence electrons. The first-order valence-electron chi connectivity index (χ1n) is 7.27. The SMILES string of the molecule is CCOC(=O)NC(=O)c1cn(Nc2cccc(C(F)(F)F)n2)c(=O)[nH]c1=O. The molecule has 2 aromatic rings. The maximum absolute atomic E-state index is 12.7. The highest BCUT2D eigenvalue weighted by Crippen LogP contribution is 2.28. The summed E-state index contributed by atoms with van der Waals surface area (Å²) in [6, 6.07) is 2.90. The minimum absolute atomic E-state index is 0.0300. The van der Waals surface area contributed by atoms with Crippen LogP contribution >= 0.6 is 0 Å². The molecular formula is C14H12F3N5O5. The average Bonchev–Trinajstić information content (AvgIpc) is 2.57. The summed E-state index contributed by atoms with van der Waals surface area (Å²) < 4.78 is 43.1. The number of H-pyrrole nitrogens is 1. The summed E-state index contributed by atoms with van der Waals surface area (Å²) in [6.45, 7) is 1.46. The molecule has 0 aliphatic heterocycles. The summed E-state index contributed by atoms with van der Waals surface area (Å²) in [5.74, 6) is -1.56. The smallest absolute Gasteiger partial charge is 0.433 e. The molecule has 0 unspecified atom stereocenters. The number of halogens is 3. The zero-order valence-electron chi connectivity index (χ0n) is 13.6. The number of imide groups is 1. The van der Waals surface area contributed by atoms with E-state index in [-0.39, 0.29) is 12.4 Å². The van der Waals surface area contributed by atoms with Crippen molar-refractivity contribution in [3.8, 4) is 0 Å². The Morgan fingerprint density at radius 1 is 1.30 bits per heavy atom. The Morgan fingerprint density at radius 2 is 2.00 bits per heavy atom. The Bertz CT molecular complexity index is 982. The van der Waals surface area contributed by atoms with Crippen LogP contribution < -0.4 is 22.0 Å². The van der Waals surface area contributed by atoms with Crippen LogP contribution in [0.5, 0.6) is 0 Å². The highest BCUT2D eigenvalue weighted by molar-refractivity contribution is 6.02. The molecular weight excluding hydrogens is 375 g/mol. The molecule has 0 aromatic carbocycles. The van der Waals surface area contributed by atoms with Gasteiger partial charge in [0.1, 0.15) is 17.1 Å². The number of hydrogen-bond donors (Lipinski definition) is 3. The number of hydrogen-bond acceptors (Lipinski definition) is 7. The number of amides is 2. The third-order valence-corrected chi connectivity index (χ3v) is 2.95. The number of nitrogens with one attached hydrogen (secondary N) is 3. The molecule has 0 fully saturated rings. The number of carbonyl (C=O) groups is 2. The Labute approximate surface area is 148 Å². The minimum Gasteiger partial charge on any atom is -0.450 e. The van der Waals surface area contributed by atoms with E-state index in [1.807, 2.05) is 0 Å². The Morgan fingerprint density at radius 3 is 2.63 bits per heavy atom. The van der Waals surface area contributed by atoms with Crippen molar-refractivity contribution < 1.29 is 27.5 Å². The summed E-state index contributed by atoms with van der Waals surface area (Å²) in [5.41, 5.74) is -1.86. The van der Waals surface area contributed by atoms with Crippen LogP contribution in [-0.2, 0) is 10.9 Å². The third kappa shape index (κ3) is 4.93. The monoisotopic (exact) mass is 387 g/mol. The first-order valence-corrected chi connectivity index (χ1v) is 7.27. The molecule has 13 heteroatoms. The molecule has 3 N–H and O–H groups in total. The Hall–Kier alpha value is -3.64. The van der Waals surface area contributed by atoms with Gasteiger partial charge in [0.05, 0.1) is 12.8 Å². The fourth-order valence-electron chi connectivity index (χ4n) is 1.82. The number of rotatable bonds is 4. The van der Waals surface area contributed by atoms with Gasteiger partial charge in [-0.05, 0) is 19.1 Å². The highest BCUT2D eigenvalue weighted by atomic mass is 19.4. The van der Waals surface area contributed by atoms with Crippen LogP contribution in [0.1, 0.15) is 23.0 Å². The fourth-order valence-corrected chi connectivity index (χ4v) is 1.82. The van der Waals surface area contributed by atoms with Crippen LogP contribution in [0.25, 0.3) is 0 Å². The van der Waals surface area contributed by atoms with Gasteiger partial charge in [0.25, 0.3) is 11.5 Å². The molecule has 2 amide bonds. The van der Waals surface area contributed by atoms with Gasteiger partial charge in [-0.25, -0.2) is 19.2 Å². The van der Waals surface area contributed by atoms with Gasteiger partial charge >= 0.3 is 18.0 Å². The van der Waals surface area contributed by atoms with Crippen molar-refractivity contribution in [3.63, 3.8) is 0 Å². The molecule has 27 heavy (non-hydrogen) atoms. The average molecular weight is 387 g/mol. The van der Waals surface area contributed by atoms with E-state index in [9.17, 15) is 32.3 Å². The number of anilines is 1. The van der Waals surface area contributed by atoms with Crippen molar-refractivity contribution in [2.24, 2.45) is 0 Å². The second-order valence-corrected chi connectivity index (χ2v) is 4.86. The van der Waals surface area contributed by atoms with Crippen LogP contribution in [0.3, 0.4) is 0 Å². The van der Waals surface area contributed by atoms with Crippen LogP contribution in [0.4, 0.5) is 23.8 Å². The van der Waals surface area contributed by atoms with E-state index in [0.717, 1.165) is 18.2 Å². The number of aromatic amines is 1. The van der Waals surface area contributed by atoms with Gasteiger partial charge in [-0.2, -0.15) is 13.2 Å². The predicted molar refractivity (Wildman–Crippen MR) is 84.1 cm³/mol. The topological polar surface area (TPSA) is 135 Å². The molecule has 10 nitrogen and oxygen atoms in total. The van der Waals surface area contributed by atoms with Gasteiger partial charge in [-0.3, -0.25) is 25.3 Å². The van der Waals surface area contributed by atoms with Crippen molar-refractivity contribution in [1.29, 1.82) is 0 Å². The number of pyridine rings is 1. The molecule has 0 bridgehead atoms. The van der Waals surface area contributed by atoms with E-state index in [0.29, 0.717) is 10.9 Å². The minimum atomic E-state index is -4.71. The predicted octanol–water partition coefficient (Wildman–Crippen LogP) is 0.712. The number of carbonyl (C=O) groups excluding carboxylic acids is 2. The maximum Gasteiger partial charge on any atom is 0.433 e. The first kappa shape index (κ1) is 19.7. The number of alkyl carbamates (subject to hydrolysis) is 1. The normalized spacial score (nSPS) is 11.0. The lowest BCUT2D eigenvalue weighted by molar-refractivity contribution is -0.141. The molecule has 2 aromatic heterocycles. The molecule has 2 heterocycles. The standard InChI is InChI=1S/C14H12F3N5O5/c1-2-27-13(26)20-11(24)7-6-22(12(25)19-10(7)23)21-9-5-3-4-8(18-9)14(15,16)17/h3-6H,2H2,1H3,(H,18,21)(H,19,23,25)(H,20,24,26). The maximum atomic E-state index is 12.7. The summed E-state index contributed by atoms with van der Waals surface area (Å²) in [5, 5.41) is 1.75. The lowest BCUT2D eigenvalue weighted by atomic mass is 10.3. The van der Waals surface area contributed by atoms with Crippen molar-refractivity contribution in [2.75, 3.05) is 12.0 Å². The van der Waals surface area contributed by atoms with Crippen molar-refractivity contribution in [2.45, 2.75) is 13.1 Å². The van der Waals surface area contributed by atoms with Crippen molar-refractivity contribution in [3.05, 3.63) is 56.5 Å². The Balaban J connectivity index is 2.34. The van der Waals surface area contributed by atoms with Crippen LogP contribution in [0, 0.1) is 0 Å². The van der Waals surface area contributed by atoms with Crippen molar-refractivity contribution in [1.82, 2.24) is 20.0 Å².